The summed E-state index contributed by atoms with van der Waals surface area (Å²) in [7, 11) is 0. The van der Waals surface area contributed by atoms with Crippen LogP contribution >= 0.6 is 11.6 Å². The minimum atomic E-state index is -0.923. The lowest BCUT2D eigenvalue weighted by Crippen LogP contribution is -2.25. The van der Waals surface area contributed by atoms with E-state index in [0.717, 1.165) is 50.4 Å². The second-order valence-electron chi connectivity index (χ2n) is 13.6. The van der Waals surface area contributed by atoms with Gasteiger partial charge < -0.3 is 14.4 Å². The van der Waals surface area contributed by atoms with Gasteiger partial charge in [-0.25, -0.2) is 0 Å². The van der Waals surface area contributed by atoms with Gasteiger partial charge in [-0.2, -0.15) is 0 Å². The first-order valence-corrected chi connectivity index (χ1v) is 17.8. The molecule has 3 nitrogen and oxygen atoms in total. The molecule has 0 unspecified atom stereocenters. The third-order valence-corrected chi connectivity index (χ3v) is 11.2. The van der Waals surface area contributed by atoms with Crippen LogP contribution in [0.2, 0.25) is 5.02 Å². The molecular formula is C47H30ClNO2. The molecule has 1 fully saturated rings. The molecule has 1 aliphatic heterocycles. The van der Waals surface area contributed by atoms with E-state index in [1.165, 1.54) is 43.8 Å². The Kier molecular flexibility index (Phi) is 6.21. The Labute approximate surface area is 300 Å². The molecule has 0 N–H and O–H groups in total. The fourth-order valence-electron chi connectivity index (χ4n) is 8.70. The Morgan fingerprint density at radius 2 is 1.16 bits per heavy atom. The third kappa shape index (κ3) is 4.14. The van der Waals surface area contributed by atoms with E-state index < -0.39 is 5.79 Å². The predicted molar refractivity (Wildman–Crippen MR) is 209 cm³/mol. The van der Waals surface area contributed by atoms with E-state index in [1.54, 1.807) is 0 Å². The van der Waals surface area contributed by atoms with Crippen molar-refractivity contribution < 1.29 is 9.47 Å². The Morgan fingerprint density at radius 3 is 1.96 bits per heavy atom. The highest BCUT2D eigenvalue weighted by molar-refractivity contribution is 6.34. The molecule has 4 heteroatoms. The highest BCUT2D eigenvalue weighted by Gasteiger charge is 2.49. The average Bonchev–Trinajstić information content (AvgIpc) is 3.88. The largest absolute Gasteiger partial charge is 0.340 e. The second kappa shape index (κ2) is 10.9. The first-order valence-electron chi connectivity index (χ1n) is 17.4. The van der Waals surface area contributed by atoms with Gasteiger partial charge in [0.25, 0.3) is 0 Å². The molecule has 0 radical (unpaired) electrons. The van der Waals surface area contributed by atoms with E-state index in [1.807, 2.05) is 12.1 Å². The summed E-state index contributed by atoms with van der Waals surface area (Å²) >= 11 is 7.10. The van der Waals surface area contributed by atoms with Gasteiger partial charge in [-0.1, -0.05) is 127 Å². The Hall–Kier alpha value is -5.71. The Morgan fingerprint density at radius 1 is 0.490 bits per heavy atom. The van der Waals surface area contributed by atoms with Crippen molar-refractivity contribution in [2.24, 2.45) is 0 Å². The van der Waals surface area contributed by atoms with Crippen LogP contribution in [0.5, 0.6) is 0 Å². The van der Waals surface area contributed by atoms with Crippen LogP contribution in [-0.4, -0.2) is 13.2 Å². The minimum Gasteiger partial charge on any atom is -0.340 e. The van der Waals surface area contributed by atoms with Crippen molar-refractivity contribution in [2.45, 2.75) is 5.79 Å². The maximum atomic E-state index is 7.10. The van der Waals surface area contributed by atoms with Crippen LogP contribution in [0.1, 0.15) is 11.1 Å². The van der Waals surface area contributed by atoms with Gasteiger partial charge in [-0.15, -0.1) is 0 Å². The zero-order valence-corrected chi connectivity index (χ0v) is 28.3. The van der Waals surface area contributed by atoms with E-state index >= 15 is 0 Å². The number of hydrogen-bond acceptors (Lipinski definition) is 3. The molecule has 1 saturated heterocycles. The Bertz CT molecular complexity index is 2700. The topological polar surface area (TPSA) is 21.7 Å². The molecule has 0 saturated carbocycles. The number of fused-ring (bicyclic) bond motifs is 9. The SMILES string of the molecule is Clc1cc(-c2ccc(N(c3ccc4ccccc4c3)c3ccc4c5c(cccc35)-c3ccccc3-4)cc2)cc2c1-c1ccccc1C21OCCO1. The number of benzene rings is 8. The van der Waals surface area contributed by atoms with E-state index in [-0.39, 0.29) is 0 Å². The van der Waals surface area contributed by atoms with Gasteiger partial charge in [0.05, 0.1) is 18.9 Å². The summed E-state index contributed by atoms with van der Waals surface area (Å²) in [4.78, 5) is 2.39. The van der Waals surface area contributed by atoms with Crippen molar-refractivity contribution >= 4 is 50.2 Å². The van der Waals surface area contributed by atoms with Crippen LogP contribution in [0.3, 0.4) is 0 Å². The van der Waals surface area contributed by atoms with Crippen LogP contribution in [0.25, 0.3) is 66.1 Å². The monoisotopic (exact) mass is 675 g/mol. The standard InChI is InChI=1S/C47H30ClNO2/c48-43-28-32(27-42-46(43)39-12-5-6-15-41(39)47(42)50-24-25-51-47)30-16-19-33(20-17-30)49(34-21-18-29-8-1-2-9-31(29)26-34)44-23-22-38-36-11-4-3-10-35(36)37-13-7-14-40(44)45(37)38/h1-23,26-28H,24-25H2. The molecule has 0 amide bonds. The maximum Gasteiger partial charge on any atom is 0.223 e. The number of hydrogen-bond donors (Lipinski definition) is 0. The highest BCUT2D eigenvalue weighted by atomic mass is 35.5. The van der Waals surface area contributed by atoms with Crippen molar-refractivity contribution in [1.82, 2.24) is 0 Å². The minimum absolute atomic E-state index is 0.540. The van der Waals surface area contributed by atoms with Crippen LogP contribution in [0.4, 0.5) is 17.1 Å². The summed E-state index contributed by atoms with van der Waals surface area (Å²) in [5.74, 6) is -0.923. The quantitative estimate of drug-likeness (QED) is 0.185. The molecule has 0 bridgehead atoms. The van der Waals surface area contributed by atoms with Crippen LogP contribution in [-0.2, 0) is 15.3 Å². The van der Waals surface area contributed by atoms with Gasteiger partial charge in [0.1, 0.15) is 0 Å². The lowest BCUT2D eigenvalue weighted by molar-refractivity contribution is -0.126. The average molecular weight is 676 g/mol. The van der Waals surface area contributed by atoms with Gasteiger partial charge >= 0.3 is 0 Å². The van der Waals surface area contributed by atoms with E-state index in [0.29, 0.717) is 18.2 Å². The summed E-state index contributed by atoms with van der Waals surface area (Å²) in [5.41, 5.74) is 14.6. The lowest BCUT2D eigenvalue weighted by atomic mass is 9.96. The van der Waals surface area contributed by atoms with Crippen LogP contribution in [0, 0.1) is 0 Å². The second-order valence-corrected chi connectivity index (χ2v) is 14.0. The molecule has 2 aliphatic carbocycles. The van der Waals surface area contributed by atoms with E-state index in [4.69, 9.17) is 21.1 Å². The summed E-state index contributed by atoms with van der Waals surface area (Å²) in [6, 6.07) is 56.7. The number of anilines is 3. The Balaban J connectivity index is 1.07. The number of halogens is 1. The molecule has 1 spiro atoms. The molecule has 8 aromatic rings. The lowest BCUT2D eigenvalue weighted by Gasteiger charge is -2.28. The van der Waals surface area contributed by atoms with Crippen molar-refractivity contribution in [3.63, 3.8) is 0 Å². The van der Waals surface area contributed by atoms with Gasteiger partial charge in [0, 0.05) is 38.5 Å². The molecule has 0 aromatic heterocycles. The molecule has 8 aromatic carbocycles. The summed E-state index contributed by atoms with van der Waals surface area (Å²) < 4.78 is 12.7. The third-order valence-electron chi connectivity index (χ3n) is 10.9. The molecule has 0 atom stereocenters. The van der Waals surface area contributed by atoms with Crippen LogP contribution in [0.15, 0.2) is 158 Å². The zero-order valence-electron chi connectivity index (χ0n) is 27.6. The van der Waals surface area contributed by atoms with E-state index in [9.17, 15) is 0 Å². The fraction of sp³-hybridized carbons (Fsp3) is 0.0638. The summed E-state index contributed by atoms with van der Waals surface area (Å²) in [6.45, 7) is 1.08. The normalized spacial score (nSPS) is 14.6. The maximum absolute atomic E-state index is 7.10. The van der Waals surface area contributed by atoms with Crippen molar-refractivity contribution in [1.29, 1.82) is 0 Å². The van der Waals surface area contributed by atoms with Crippen LogP contribution < -0.4 is 4.90 Å². The zero-order chi connectivity index (χ0) is 33.7. The molecule has 51 heavy (non-hydrogen) atoms. The number of ether oxygens (including phenoxy) is 2. The summed E-state index contributed by atoms with van der Waals surface area (Å²) in [5, 5.41) is 5.65. The van der Waals surface area contributed by atoms with Gasteiger partial charge in [-0.05, 0) is 97.6 Å². The number of nitrogens with zero attached hydrogens (tertiary/aromatic N) is 1. The molecular weight excluding hydrogens is 646 g/mol. The predicted octanol–water partition coefficient (Wildman–Crippen LogP) is 12.7. The number of rotatable bonds is 4. The first kappa shape index (κ1) is 29.1. The summed E-state index contributed by atoms with van der Waals surface area (Å²) in [6.07, 6.45) is 0. The van der Waals surface area contributed by atoms with Crippen molar-refractivity contribution in [3.8, 4) is 44.5 Å². The van der Waals surface area contributed by atoms with E-state index in [2.05, 4.69) is 150 Å². The highest BCUT2D eigenvalue weighted by Crippen LogP contribution is 2.56. The fourth-order valence-corrected chi connectivity index (χ4v) is 9.02. The van der Waals surface area contributed by atoms with Gasteiger partial charge in [0.15, 0.2) is 0 Å². The van der Waals surface area contributed by atoms with Crippen molar-refractivity contribution in [3.05, 3.63) is 174 Å². The molecule has 1 heterocycles. The molecule has 3 aliphatic rings. The smallest absolute Gasteiger partial charge is 0.223 e. The van der Waals surface area contributed by atoms with Gasteiger partial charge in [-0.3, -0.25) is 0 Å². The molecule has 11 rings (SSSR count). The molecule has 242 valence electrons. The van der Waals surface area contributed by atoms with Gasteiger partial charge in [0.2, 0.25) is 5.79 Å². The first-order chi connectivity index (χ1) is 25.2. The van der Waals surface area contributed by atoms with Crippen molar-refractivity contribution in [2.75, 3.05) is 18.1 Å².